The highest BCUT2D eigenvalue weighted by Gasteiger charge is 2.22. The maximum atomic E-state index is 12.8. The quantitative estimate of drug-likeness (QED) is 0.479. The van der Waals surface area contributed by atoms with Crippen molar-refractivity contribution in [1.29, 1.82) is 5.26 Å². The number of hydrogen-bond donors (Lipinski definition) is 3. The van der Waals surface area contributed by atoms with E-state index in [1.807, 2.05) is 48.5 Å². The lowest BCUT2D eigenvalue weighted by atomic mass is 10.0. The van der Waals surface area contributed by atoms with Gasteiger partial charge in [-0.3, -0.25) is 14.4 Å². The van der Waals surface area contributed by atoms with E-state index < -0.39 is 11.9 Å². The Balaban J connectivity index is 1.76. The molecule has 0 saturated heterocycles. The molecule has 32 heavy (non-hydrogen) atoms. The maximum Gasteiger partial charge on any atom is 0.251 e. The largest absolute Gasteiger partial charge is 0.353 e. The fourth-order valence-electron chi connectivity index (χ4n) is 3.33. The van der Waals surface area contributed by atoms with Crippen LogP contribution in [-0.2, 0) is 16.0 Å². The Hall–Kier alpha value is -4.18. The Kier molecular flexibility index (Phi) is 7.55. The molecule has 0 radical (unpaired) electrons. The van der Waals surface area contributed by atoms with Gasteiger partial charge in [0.15, 0.2) is 0 Å². The maximum absolute atomic E-state index is 12.8. The summed E-state index contributed by atoms with van der Waals surface area (Å²) in [7, 11) is 0. The number of nitrogens with one attached hydrogen (secondary N) is 3. The minimum absolute atomic E-state index is 0.187. The third-order valence-electron chi connectivity index (χ3n) is 4.88. The van der Waals surface area contributed by atoms with Crippen LogP contribution in [0.5, 0.6) is 0 Å². The third kappa shape index (κ3) is 6.16. The summed E-state index contributed by atoms with van der Waals surface area (Å²) >= 11 is 0. The zero-order chi connectivity index (χ0) is 22.9. The number of benzene rings is 3. The molecular formula is C25H24N4O3. The Labute approximate surface area is 186 Å². The molecule has 3 amide bonds. The molecule has 0 saturated carbocycles. The van der Waals surface area contributed by atoms with Crippen LogP contribution in [0.25, 0.3) is 10.8 Å². The summed E-state index contributed by atoms with van der Waals surface area (Å²) in [6.45, 7) is 1.62. The van der Waals surface area contributed by atoms with Crippen LogP contribution in [0.1, 0.15) is 29.3 Å². The van der Waals surface area contributed by atoms with Crippen LogP contribution in [0.3, 0.4) is 0 Å². The van der Waals surface area contributed by atoms with Gasteiger partial charge in [0.2, 0.25) is 11.8 Å². The van der Waals surface area contributed by atoms with Gasteiger partial charge in [0.25, 0.3) is 5.91 Å². The second kappa shape index (κ2) is 10.7. The second-order valence-corrected chi connectivity index (χ2v) is 7.37. The van der Waals surface area contributed by atoms with Gasteiger partial charge in [-0.1, -0.05) is 42.5 Å². The molecule has 0 aliphatic heterocycles. The van der Waals surface area contributed by atoms with Crippen molar-refractivity contribution in [3.05, 3.63) is 77.9 Å². The Bertz CT molecular complexity index is 1170. The van der Waals surface area contributed by atoms with Crippen LogP contribution in [0, 0.1) is 11.3 Å². The third-order valence-corrected chi connectivity index (χ3v) is 4.88. The second-order valence-electron chi connectivity index (χ2n) is 7.37. The van der Waals surface area contributed by atoms with Crippen molar-refractivity contribution >= 4 is 34.2 Å². The lowest BCUT2D eigenvalue weighted by molar-refractivity contribution is -0.123. The molecule has 3 rings (SSSR count). The summed E-state index contributed by atoms with van der Waals surface area (Å²) in [5, 5.41) is 19.0. The standard InChI is InChI=1S/C25H24N4O3/c1-17(30)28-22-11-9-20(10-12-22)24(31)29-23(25(32)27-14-4-13-26)16-18-7-8-19-5-2-3-6-21(19)15-18/h2-3,5-12,15,23H,4,14,16H2,1H3,(H,27,32)(H,28,30)(H,29,31). The fourth-order valence-corrected chi connectivity index (χ4v) is 3.33. The van der Waals surface area contributed by atoms with Crippen LogP contribution in [0.2, 0.25) is 0 Å². The summed E-state index contributed by atoms with van der Waals surface area (Å²) in [4.78, 5) is 36.7. The first-order chi connectivity index (χ1) is 15.5. The Morgan fingerprint density at radius 1 is 0.969 bits per heavy atom. The summed E-state index contributed by atoms with van der Waals surface area (Å²) in [6, 6.07) is 21.4. The van der Waals surface area contributed by atoms with E-state index in [9.17, 15) is 14.4 Å². The van der Waals surface area contributed by atoms with Gasteiger partial charge in [-0.05, 0) is 40.6 Å². The number of anilines is 1. The highest BCUT2D eigenvalue weighted by molar-refractivity contribution is 5.98. The molecule has 7 nitrogen and oxygen atoms in total. The predicted octanol–water partition coefficient (Wildman–Crippen LogP) is 3.17. The van der Waals surface area contributed by atoms with Gasteiger partial charge < -0.3 is 16.0 Å². The van der Waals surface area contributed by atoms with Crippen LogP contribution in [-0.4, -0.2) is 30.3 Å². The lowest BCUT2D eigenvalue weighted by Crippen LogP contribution is -2.48. The molecule has 1 atom stereocenters. The van der Waals surface area contributed by atoms with E-state index in [-0.39, 0.29) is 24.8 Å². The van der Waals surface area contributed by atoms with Gasteiger partial charge in [0, 0.05) is 31.1 Å². The van der Waals surface area contributed by atoms with Crippen LogP contribution in [0.4, 0.5) is 5.69 Å². The minimum atomic E-state index is -0.808. The van der Waals surface area contributed by atoms with Gasteiger partial charge in [0.05, 0.1) is 12.5 Å². The average Bonchev–Trinajstić information content (AvgIpc) is 2.78. The van der Waals surface area contributed by atoms with Gasteiger partial charge >= 0.3 is 0 Å². The zero-order valence-corrected chi connectivity index (χ0v) is 17.7. The molecule has 0 bridgehead atoms. The van der Waals surface area contributed by atoms with Crippen molar-refractivity contribution in [1.82, 2.24) is 10.6 Å². The van der Waals surface area contributed by atoms with Gasteiger partial charge in [-0.2, -0.15) is 5.26 Å². The predicted molar refractivity (Wildman–Crippen MR) is 123 cm³/mol. The number of carbonyl (C=O) groups excluding carboxylic acids is 3. The van der Waals surface area contributed by atoms with E-state index in [0.717, 1.165) is 16.3 Å². The van der Waals surface area contributed by atoms with Crippen LogP contribution < -0.4 is 16.0 Å². The zero-order valence-electron chi connectivity index (χ0n) is 17.7. The van der Waals surface area contributed by atoms with Crippen molar-refractivity contribution in [3.63, 3.8) is 0 Å². The number of rotatable bonds is 8. The number of fused-ring (bicyclic) bond motifs is 1. The molecule has 3 aromatic rings. The SMILES string of the molecule is CC(=O)Nc1ccc(C(=O)NC(Cc2ccc3ccccc3c2)C(=O)NCCC#N)cc1. The molecule has 0 heterocycles. The molecule has 0 fully saturated rings. The molecule has 1 unspecified atom stereocenters. The van der Waals surface area contributed by atoms with E-state index in [1.165, 1.54) is 6.92 Å². The molecule has 7 heteroatoms. The van der Waals surface area contributed by atoms with Crippen molar-refractivity contribution in [2.75, 3.05) is 11.9 Å². The van der Waals surface area contributed by atoms with E-state index >= 15 is 0 Å². The van der Waals surface area contributed by atoms with Gasteiger partial charge in [0.1, 0.15) is 6.04 Å². The summed E-state index contributed by atoms with van der Waals surface area (Å²) in [6.07, 6.45) is 0.492. The first kappa shape index (κ1) is 22.5. The highest BCUT2D eigenvalue weighted by Crippen LogP contribution is 2.17. The molecule has 0 aromatic heterocycles. The van der Waals surface area contributed by atoms with Crippen molar-refractivity contribution < 1.29 is 14.4 Å². The van der Waals surface area contributed by atoms with Crippen molar-refractivity contribution in [2.24, 2.45) is 0 Å². The van der Waals surface area contributed by atoms with Crippen molar-refractivity contribution in [2.45, 2.75) is 25.8 Å². The number of carbonyl (C=O) groups is 3. The molecule has 0 spiro atoms. The number of amides is 3. The van der Waals surface area contributed by atoms with Gasteiger partial charge in [-0.25, -0.2) is 0 Å². The highest BCUT2D eigenvalue weighted by atomic mass is 16.2. The smallest absolute Gasteiger partial charge is 0.251 e. The van der Waals surface area contributed by atoms with Crippen LogP contribution >= 0.6 is 0 Å². The fraction of sp³-hybridized carbons (Fsp3) is 0.200. The Morgan fingerprint density at radius 3 is 2.38 bits per heavy atom. The average molecular weight is 428 g/mol. The van der Waals surface area contributed by atoms with Crippen molar-refractivity contribution in [3.8, 4) is 6.07 Å². The first-order valence-corrected chi connectivity index (χ1v) is 10.3. The molecule has 0 aliphatic carbocycles. The summed E-state index contributed by atoms with van der Waals surface area (Å²) < 4.78 is 0. The molecule has 0 aliphatic rings. The number of hydrogen-bond acceptors (Lipinski definition) is 4. The number of nitrogens with zero attached hydrogens (tertiary/aromatic N) is 1. The lowest BCUT2D eigenvalue weighted by Gasteiger charge is -2.19. The van der Waals surface area contributed by atoms with E-state index in [1.54, 1.807) is 24.3 Å². The Morgan fingerprint density at radius 2 is 1.69 bits per heavy atom. The molecule has 162 valence electrons. The molecule has 3 aromatic carbocycles. The van der Waals surface area contributed by atoms with E-state index in [0.29, 0.717) is 17.7 Å². The molecule has 3 N–H and O–H groups in total. The topological polar surface area (TPSA) is 111 Å². The van der Waals surface area contributed by atoms with Crippen LogP contribution in [0.15, 0.2) is 66.7 Å². The van der Waals surface area contributed by atoms with Gasteiger partial charge in [-0.15, -0.1) is 0 Å². The van der Waals surface area contributed by atoms with E-state index in [4.69, 9.17) is 5.26 Å². The molecular weight excluding hydrogens is 404 g/mol. The summed E-state index contributed by atoms with van der Waals surface area (Å²) in [5.74, 6) is -0.955. The number of nitriles is 1. The van der Waals surface area contributed by atoms with E-state index in [2.05, 4.69) is 16.0 Å². The monoisotopic (exact) mass is 428 g/mol. The normalized spacial score (nSPS) is 11.2. The summed E-state index contributed by atoms with van der Waals surface area (Å²) in [5.41, 5.74) is 1.86. The minimum Gasteiger partial charge on any atom is -0.353 e. The first-order valence-electron chi connectivity index (χ1n) is 10.3.